The second kappa shape index (κ2) is 7.84. The van der Waals surface area contributed by atoms with Crippen LogP contribution in [0.1, 0.15) is 39.5 Å². The lowest BCUT2D eigenvalue weighted by molar-refractivity contribution is -0.0679. The van der Waals surface area contributed by atoms with Gasteiger partial charge in [-0.1, -0.05) is 0 Å². The zero-order chi connectivity index (χ0) is 14.4. The van der Waals surface area contributed by atoms with Gasteiger partial charge >= 0.3 is 0 Å². The molecule has 0 radical (unpaired) electrons. The summed E-state index contributed by atoms with van der Waals surface area (Å²) < 4.78 is 5.74. The van der Waals surface area contributed by atoms with Crippen LogP contribution in [-0.4, -0.2) is 67.2 Å². The van der Waals surface area contributed by atoms with Gasteiger partial charge in [-0.2, -0.15) is 0 Å². The molecule has 2 saturated heterocycles. The van der Waals surface area contributed by atoms with E-state index in [9.17, 15) is 0 Å². The largest absolute Gasteiger partial charge is 0.373 e. The summed E-state index contributed by atoms with van der Waals surface area (Å²) in [6, 6.07) is 0. The molecule has 5 heteroatoms. The van der Waals surface area contributed by atoms with Crippen LogP contribution in [0.25, 0.3) is 0 Å². The molecule has 0 aliphatic carbocycles. The van der Waals surface area contributed by atoms with Crippen molar-refractivity contribution in [1.82, 2.24) is 9.80 Å². The summed E-state index contributed by atoms with van der Waals surface area (Å²) in [6.07, 6.45) is 5.60. The van der Waals surface area contributed by atoms with E-state index in [1.54, 1.807) is 0 Å². The van der Waals surface area contributed by atoms with Crippen LogP contribution in [0, 0.1) is 0 Å². The fourth-order valence-corrected chi connectivity index (χ4v) is 3.18. The van der Waals surface area contributed by atoms with E-state index in [0.717, 1.165) is 51.6 Å². The summed E-state index contributed by atoms with van der Waals surface area (Å²) >= 11 is 0. The molecule has 2 rings (SSSR count). The van der Waals surface area contributed by atoms with Crippen molar-refractivity contribution in [3.8, 4) is 0 Å². The normalized spacial score (nSPS) is 29.7. The highest BCUT2D eigenvalue weighted by molar-refractivity contribution is 5.78. The Bertz CT molecular complexity index is 305. The Labute approximate surface area is 123 Å². The molecule has 2 heterocycles. The molecule has 2 aliphatic heterocycles. The van der Waals surface area contributed by atoms with Crippen molar-refractivity contribution in [3.63, 3.8) is 0 Å². The zero-order valence-electron chi connectivity index (χ0n) is 13.1. The summed E-state index contributed by atoms with van der Waals surface area (Å²) in [7, 11) is 0. The van der Waals surface area contributed by atoms with Crippen molar-refractivity contribution in [2.45, 2.75) is 51.7 Å². The number of morpholine rings is 1. The van der Waals surface area contributed by atoms with E-state index in [2.05, 4.69) is 28.6 Å². The maximum atomic E-state index is 6.05. The van der Waals surface area contributed by atoms with Crippen LogP contribution in [0.5, 0.6) is 0 Å². The lowest BCUT2D eigenvalue weighted by Gasteiger charge is -2.35. The van der Waals surface area contributed by atoms with Gasteiger partial charge in [-0.15, -0.1) is 0 Å². The Morgan fingerprint density at radius 2 is 1.80 bits per heavy atom. The Kier molecular flexibility index (Phi) is 6.10. The maximum absolute atomic E-state index is 6.05. The Morgan fingerprint density at radius 1 is 1.15 bits per heavy atom. The number of nitrogens with two attached hydrogens (primary N) is 1. The molecule has 116 valence electrons. The highest BCUT2D eigenvalue weighted by atomic mass is 16.5. The summed E-state index contributed by atoms with van der Waals surface area (Å²) in [5, 5.41) is 0. The van der Waals surface area contributed by atoms with Crippen molar-refractivity contribution in [2.24, 2.45) is 10.7 Å². The topological polar surface area (TPSA) is 54.1 Å². The molecular formula is C15H30N4O. The predicted octanol–water partition coefficient (Wildman–Crippen LogP) is 1.29. The van der Waals surface area contributed by atoms with Crippen molar-refractivity contribution >= 4 is 5.96 Å². The van der Waals surface area contributed by atoms with Crippen LogP contribution < -0.4 is 5.73 Å². The molecule has 0 aromatic rings. The average Bonchev–Trinajstić information content (AvgIpc) is 2.43. The van der Waals surface area contributed by atoms with Gasteiger partial charge in [0.2, 0.25) is 0 Å². The molecular weight excluding hydrogens is 252 g/mol. The highest BCUT2D eigenvalue weighted by Crippen LogP contribution is 2.11. The first-order valence-electron chi connectivity index (χ1n) is 8.08. The van der Waals surface area contributed by atoms with Crippen molar-refractivity contribution in [1.29, 1.82) is 0 Å². The van der Waals surface area contributed by atoms with E-state index in [1.807, 2.05) is 0 Å². The maximum Gasteiger partial charge on any atom is 0.191 e. The van der Waals surface area contributed by atoms with Crippen LogP contribution in [0.2, 0.25) is 0 Å². The molecule has 2 unspecified atom stereocenters. The fourth-order valence-electron chi connectivity index (χ4n) is 3.18. The van der Waals surface area contributed by atoms with Crippen molar-refractivity contribution in [3.05, 3.63) is 0 Å². The smallest absolute Gasteiger partial charge is 0.191 e. The minimum absolute atomic E-state index is 0.348. The van der Waals surface area contributed by atoms with Crippen LogP contribution in [0.4, 0.5) is 0 Å². The molecule has 2 fully saturated rings. The quantitative estimate of drug-likeness (QED) is 0.479. The lowest BCUT2D eigenvalue weighted by atomic mass is 10.1. The number of hydrogen-bond donors (Lipinski definition) is 1. The van der Waals surface area contributed by atoms with Gasteiger partial charge in [0.05, 0.1) is 12.2 Å². The first-order chi connectivity index (χ1) is 9.65. The van der Waals surface area contributed by atoms with E-state index < -0.39 is 0 Å². The Balaban J connectivity index is 1.65. The van der Waals surface area contributed by atoms with Crippen molar-refractivity contribution < 1.29 is 4.74 Å². The van der Waals surface area contributed by atoms with Crippen LogP contribution >= 0.6 is 0 Å². The molecule has 0 spiro atoms. The Morgan fingerprint density at radius 3 is 2.45 bits per heavy atom. The summed E-state index contributed by atoms with van der Waals surface area (Å²) in [5.41, 5.74) is 6.05. The van der Waals surface area contributed by atoms with Crippen molar-refractivity contribution in [2.75, 3.05) is 39.3 Å². The standard InChI is InChI=1S/C15H30N4O/c1-13-11-18(12-14(2)20-13)8-6-7-17-15(16)19-9-4-3-5-10-19/h13-14H,3-12H2,1-2H3,(H2,16,17). The fraction of sp³-hybridized carbons (Fsp3) is 0.933. The van der Waals surface area contributed by atoms with Gasteiger partial charge in [0.1, 0.15) is 0 Å². The number of aliphatic imine (C=N–C) groups is 1. The predicted molar refractivity (Wildman–Crippen MR) is 83.0 cm³/mol. The summed E-state index contributed by atoms with van der Waals surface area (Å²) in [6.45, 7) is 10.5. The number of rotatable bonds is 4. The van der Waals surface area contributed by atoms with Gasteiger partial charge in [0, 0.05) is 39.3 Å². The molecule has 0 amide bonds. The third-order valence-corrected chi connectivity index (χ3v) is 4.08. The van der Waals surface area contributed by atoms with Gasteiger partial charge in [0.25, 0.3) is 0 Å². The SMILES string of the molecule is CC1CN(CCCN=C(N)N2CCCCC2)CC(C)O1. The minimum Gasteiger partial charge on any atom is -0.373 e. The molecule has 2 aliphatic rings. The van der Waals surface area contributed by atoms with Crippen LogP contribution in [0.15, 0.2) is 4.99 Å². The second-order valence-electron chi connectivity index (χ2n) is 6.16. The van der Waals surface area contributed by atoms with Crippen LogP contribution in [-0.2, 0) is 4.74 Å². The van der Waals surface area contributed by atoms with Gasteiger partial charge in [-0.05, 0) is 39.5 Å². The first-order valence-corrected chi connectivity index (χ1v) is 8.08. The lowest BCUT2D eigenvalue weighted by Crippen LogP contribution is -2.45. The number of piperidine rings is 1. The number of guanidine groups is 1. The molecule has 5 nitrogen and oxygen atoms in total. The monoisotopic (exact) mass is 282 g/mol. The van der Waals surface area contributed by atoms with Gasteiger partial charge in [-0.3, -0.25) is 9.89 Å². The van der Waals surface area contributed by atoms with E-state index >= 15 is 0 Å². The molecule has 0 saturated carbocycles. The van der Waals surface area contributed by atoms with Gasteiger partial charge in [0.15, 0.2) is 5.96 Å². The molecule has 2 atom stereocenters. The molecule has 0 aromatic heterocycles. The van der Waals surface area contributed by atoms with Crippen LogP contribution in [0.3, 0.4) is 0 Å². The van der Waals surface area contributed by atoms with E-state index in [-0.39, 0.29) is 0 Å². The molecule has 0 bridgehead atoms. The number of nitrogens with zero attached hydrogens (tertiary/aromatic N) is 3. The van der Waals surface area contributed by atoms with E-state index in [0.29, 0.717) is 12.2 Å². The third-order valence-electron chi connectivity index (χ3n) is 4.08. The van der Waals surface area contributed by atoms with E-state index in [1.165, 1.54) is 19.3 Å². The number of hydrogen-bond acceptors (Lipinski definition) is 3. The van der Waals surface area contributed by atoms with Gasteiger partial charge in [-0.25, -0.2) is 0 Å². The van der Waals surface area contributed by atoms with Gasteiger partial charge < -0.3 is 15.4 Å². The average molecular weight is 282 g/mol. The number of likely N-dealkylation sites (tertiary alicyclic amines) is 1. The minimum atomic E-state index is 0.348. The molecule has 0 aromatic carbocycles. The molecule has 2 N–H and O–H groups in total. The summed E-state index contributed by atoms with van der Waals surface area (Å²) in [5.74, 6) is 0.744. The second-order valence-corrected chi connectivity index (χ2v) is 6.16. The third kappa shape index (κ3) is 4.94. The number of ether oxygens (including phenoxy) is 1. The molecule has 20 heavy (non-hydrogen) atoms. The first kappa shape index (κ1) is 15.6. The summed E-state index contributed by atoms with van der Waals surface area (Å²) in [4.78, 5) is 9.23. The Hall–Kier alpha value is -0.810. The van der Waals surface area contributed by atoms with E-state index in [4.69, 9.17) is 10.5 Å². The zero-order valence-corrected chi connectivity index (χ0v) is 13.1. The highest BCUT2D eigenvalue weighted by Gasteiger charge is 2.21.